The number of nitrogens with zero attached hydrogens (tertiary/aromatic N) is 1. The molecule has 0 atom stereocenters. The van der Waals surface area contributed by atoms with Crippen LogP contribution in [0.3, 0.4) is 0 Å². The number of anilines is 3. The highest BCUT2D eigenvalue weighted by Gasteiger charge is 2.15. The van der Waals surface area contributed by atoms with Crippen LogP contribution in [0, 0.1) is 10.1 Å². The van der Waals surface area contributed by atoms with E-state index < -0.39 is 26.9 Å². The molecule has 0 saturated carbocycles. The van der Waals surface area contributed by atoms with Gasteiger partial charge in [-0.05, 0) is 60.7 Å². The number of hydrogen-bond acceptors (Lipinski definition) is 6. The predicted octanol–water partition coefficient (Wildman–Crippen LogP) is 3.74. The molecular formula is C20H16N4O7S. The molecule has 12 heteroatoms. The number of carbonyl (C=O) groups is 2. The molecule has 3 aromatic rings. The van der Waals surface area contributed by atoms with Crippen molar-refractivity contribution in [3.8, 4) is 0 Å². The van der Waals surface area contributed by atoms with Gasteiger partial charge >= 0.3 is 12.0 Å². The van der Waals surface area contributed by atoms with Crippen LogP contribution in [0.25, 0.3) is 0 Å². The molecule has 0 radical (unpaired) electrons. The summed E-state index contributed by atoms with van der Waals surface area (Å²) in [6, 6.07) is 15.3. The summed E-state index contributed by atoms with van der Waals surface area (Å²) in [6.45, 7) is 0. The van der Waals surface area contributed by atoms with Gasteiger partial charge in [-0.1, -0.05) is 0 Å². The van der Waals surface area contributed by atoms with E-state index >= 15 is 0 Å². The van der Waals surface area contributed by atoms with Gasteiger partial charge in [0.25, 0.3) is 15.7 Å². The number of amides is 2. The zero-order valence-corrected chi connectivity index (χ0v) is 17.0. The molecule has 0 unspecified atom stereocenters. The summed E-state index contributed by atoms with van der Waals surface area (Å²) in [6.07, 6.45) is 0. The molecule has 11 nitrogen and oxygen atoms in total. The van der Waals surface area contributed by atoms with Crippen LogP contribution in [0.4, 0.5) is 27.5 Å². The third-order valence-corrected chi connectivity index (χ3v) is 5.54. The quantitative estimate of drug-likeness (QED) is 0.310. The molecule has 2 amide bonds. The Morgan fingerprint density at radius 2 is 1.25 bits per heavy atom. The van der Waals surface area contributed by atoms with Crippen molar-refractivity contribution < 1.29 is 28.0 Å². The first-order valence-corrected chi connectivity index (χ1v) is 10.4. The van der Waals surface area contributed by atoms with Gasteiger partial charge in [0.15, 0.2) is 0 Å². The lowest BCUT2D eigenvalue weighted by Gasteiger charge is -2.10. The molecule has 164 valence electrons. The van der Waals surface area contributed by atoms with E-state index in [2.05, 4.69) is 15.4 Å². The molecule has 0 bridgehead atoms. The van der Waals surface area contributed by atoms with Crippen molar-refractivity contribution in [1.29, 1.82) is 0 Å². The van der Waals surface area contributed by atoms with Gasteiger partial charge in [0.2, 0.25) is 0 Å². The van der Waals surface area contributed by atoms with Crippen molar-refractivity contribution in [3.05, 3.63) is 88.5 Å². The van der Waals surface area contributed by atoms with Crippen LogP contribution in [0.15, 0.2) is 77.7 Å². The third kappa shape index (κ3) is 5.58. The molecular weight excluding hydrogens is 440 g/mol. The second kappa shape index (κ2) is 9.14. The Morgan fingerprint density at radius 3 is 1.72 bits per heavy atom. The molecule has 3 aromatic carbocycles. The number of nitro benzene ring substituents is 1. The van der Waals surface area contributed by atoms with Gasteiger partial charge < -0.3 is 15.7 Å². The molecule has 0 heterocycles. The fourth-order valence-corrected chi connectivity index (χ4v) is 3.63. The summed E-state index contributed by atoms with van der Waals surface area (Å²) < 4.78 is 27.2. The Labute approximate surface area is 181 Å². The minimum absolute atomic E-state index is 0.0358. The summed E-state index contributed by atoms with van der Waals surface area (Å²) in [5.41, 5.74) is 0.816. The van der Waals surface area contributed by atoms with Crippen molar-refractivity contribution in [2.75, 3.05) is 15.4 Å². The SMILES string of the molecule is O=C(Nc1ccc(NS(=O)(=O)c2ccc(C(=O)O)cc2)cc1)Nc1ccc([N+](=O)[O-])cc1. The molecule has 0 spiro atoms. The fraction of sp³-hybridized carbons (Fsp3) is 0. The first-order chi connectivity index (χ1) is 15.1. The Bertz CT molecular complexity index is 1260. The normalized spacial score (nSPS) is 10.8. The highest BCUT2D eigenvalue weighted by molar-refractivity contribution is 7.92. The molecule has 0 saturated heterocycles. The van der Waals surface area contributed by atoms with E-state index in [1.165, 1.54) is 72.8 Å². The number of non-ortho nitro benzene ring substituents is 1. The maximum absolute atomic E-state index is 12.4. The van der Waals surface area contributed by atoms with Crippen molar-refractivity contribution >= 4 is 44.8 Å². The highest BCUT2D eigenvalue weighted by Crippen LogP contribution is 2.20. The Balaban J connectivity index is 1.61. The standard InChI is InChI=1S/C20H16N4O7S/c25-19(26)13-1-11-18(12-2-13)32(30,31)23-16-5-3-14(4-6-16)21-20(27)22-15-7-9-17(10-8-15)24(28)29/h1-12,23H,(H,25,26)(H2,21,22,27). The van der Waals surface area contributed by atoms with Gasteiger partial charge in [-0.15, -0.1) is 0 Å². The smallest absolute Gasteiger partial charge is 0.335 e. The lowest BCUT2D eigenvalue weighted by Crippen LogP contribution is -2.19. The highest BCUT2D eigenvalue weighted by atomic mass is 32.2. The van der Waals surface area contributed by atoms with Crippen LogP contribution in [0.5, 0.6) is 0 Å². The molecule has 4 N–H and O–H groups in total. The Morgan fingerprint density at radius 1 is 0.781 bits per heavy atom. The van der Waals surface area contributed by atoms with Crippen LogP contribution < -0.4 is 15.4 Å². The summed E-state index contributed by atoms with van der Waals surface area (Å²) in [5, 5.41) is 24.6. The van der Waals surface area contributed by atoms with Crippen LogP contribution in [0.1, 0.15) is 10.4 Å². The number of hydrogen-bond donors (Lipinski definition) is 4. The van der Waals surface area contributed by atoms with E-state index in [-0.39, 0.29) is 21.8 Å². The number of aromatic carboxylic acids is 1. The fourth-order valence-electron chi connectivity index (χ4n) is 2.57. The van der Waals surface area contributed by atoms with E-state index in [9.17, 15) is 28.1 Å². The number of carboxylic acids is 1. The summed E-state index contributed by atoms with van der Waals surface area (Å²) in [7, 11) is -3.93. The van der Waals surface area contributed by atoms with Crippen LogP contribution in [-0.4, -0.2) is 30.4 Å². The lowest BCUT2D eigenvalue weighted by molar-refractivity contribution is -0.384. The van der Waals surface area contributed by atoms with Crippen LogP contribution in [-0.2, 0) is 10.0 Å². The predicted molar refractivity (Wildman–Crippen MR) is 116 cm³/mol. The van der Waals surface area contributed by atoms with Crippen molar-refractivity contribution in [3.63, 3.8) is 0 Å². The number of carboxylic acid groups (broad SMARTS) is 1. The monoisotopic (exact) mass is 456 g/mol. The van der Waals surface area contributed by atoms with Gasteiger partial charge in [0.05, 0.1) is 15.4 Å². The maximum atomic E-state index is 12.4. The second-order valence-corrected chi connectivity index (χ2v) is 8.08. The van der Waals surface area contributed by atoms with E-state index in [0.717, 1.165) is 0 Å². The number of nitro groups is 1. The molecule has 32 heavy (non-hydrogen) atoms. The van der Waals surface area contributed by atoms with E-state index in [1.54, 1.807) is 0 Å². The van der Waals surface area contributed by atoms with Crippen LogP contribution >= 0.6 is 0 Å². The second-order valence-electron chi connectivity index (χ2n) is 6.40. The van der Waals surface area contributed by atoms with Crippen LogP contribution in [0.2, 0.25) is 0 Å². The molecule has 0 aliphatic carbocycles. The Hall–Kier alpha value is -4.45. The summed E-state index contributed by atoms with van der Waals surface area (Å²) in [5.74, 6) is -1.16. The first kappa shape index (κ1) is 22.2. The average Bonchev–Trinajstić information content (AvgIpc) is 2.75. The lowest BCUT2D eigenvalue weighted by atomic mass is 10.2. The number of carbonyl (C=O) groups excluding carboxylic acids is 1. The largest absolute Gasteiger partial charge is 0.478 e. The van der Waals surface area contributed by atoms with Gasteiger partial charge in [-0.3, -0.25) is 14.8 Å². The molecule has 0 aromatic heterocycles. The van der Waals surface area contributed by atoms with Crippen molar-refractivity contribution in [2.45, 2.75) is 4.90 Å². The third-order valence-electron chi connectivity index (χ3n) is 4.14. The van der Waals surface area contributed by atoms with Crippen molar-refractivity contribution in [2.24, 2.45) is 0 Å². The Kier molecular flexibility index (Phi) is 6.35. The topological polar surface area (TPSA) is 168 Å². The average molecular weight is 456 g/mol. The molecule has 0 fully saturated rings. The number of urea groups is 1. The molecule has 0 aliphatic heterocycles. The minimum atomic E-state index is -3.93. The molecule has 3 rings (SSSR count). The molecule has 0 aliphatic rings. The minimum Gasteiger partial charge on any atom is -0.478 e. The zero-order valence-electron chi connectivity index (χ0n) is 16.2. The summed E-state index contributed by atoms with van der Waals surface area (Å²) >= 11 is 0. The van der Waals surface area contributed by atoms with Gasteiger partial charge in [0.1, 0.15) is 0 Å². The van der Waals surface area contributed by atoms with E-state index in [1.807, 2.05) is 0 Å². The van der Waals surface area contributed by atoms with E-state index in [0.29, 0.717) is 11.4 Å². The van der Waals surface area contributed by atoms with E-state index in [4.69, 9.17) is 5.11 Å². The first-order valence-electron chi connectivity index (χ1n) is 8.93. The number of nitrogens with one attached hydrogen (secondary N) is 3. The van der Waals surface area contributed by atoms with Gasteiger partial charge in [0, 0.05) is 29.2 Å². The number of rotatable bonds is 7. The van der Waals surface area contributed by atoms with Gasteiger partial charge in [-0.25, -0.2) is 18.0 Å². The zero-order chi connectivity index (χ0) is 23.3. The maximum Gasteiger partial charge on any atom is 0.335 e. The summed E-state index contributed by atoms with van der Waals surface area (Å²) in [4.78, 5) is 32.9. The number of sulfonamides is 1. The number of benzene rings is 3. The van der Waals surface area contributed by atoms with Gasteiger partial charge in [-0.2, -0.15) is 0 Å². The van der Waals surface area contributed by atoms with Crippen molar-refractivity contribution in [1.82, 2.24) is 0 Å².